The van der Waals surface area contributed by atoms with Gasteiger partial charge in [-0.3, -0.25) is 4.79 Å². The van der Waals surface area contributed by atoms with Crippen LogP contribution >= 0.6 is 22.7 Å². The molecule has 2 aliphatic rings. The molecule has 128 valence electrons. The average Bonchev–Trinajstić information content (AvgIpc) is 3.07. The zero-order chi connectivity index (χ0) is 16.5. The largest absolute Gasteiger partial charge is 0.336 e. The van der Waals surface area contributed by atoms with E-state index >= 15 is 0 Å². The van der Waals surface area contributed by atoms with Crippen LogP contribution in [0.3, 0.4) is 0 Å². The molecule has 3 nitrogen and oxygen atoms in total. The van der Waals surface area contributed by atoms with Crippen molar-refractivity contribution in [3.8, 4) is 10.6 Å². The van der Waals surface area contributed by atoms with Gasteiger partial charge < -0.3 is 4.90 Å². The number of thiophene rings is 1. The lowest BCUT2D eigenvalue weighted by atomic mass is 9.86. The Hall–Kier alpha value is -1.20. The molecule has 2 aromatic rings. The normalized spacial score (nSPS) is 24.0. The fourth-order valence-electron chi connectivity index (χ4n) is 3.73. The van der Waals surface area contributed by atoms with Crippen LogP contribution in [-0.4, -0.2) is 27.9 Å². The molecule has 0 aliphatic heterocycles. The predicted octanol–water partition coefficient (Wildman–Crippen LogP) is 4.98. The van der Waals surface area contributed by atoms with Gasteiger partial charge in [-0.1, -0.05) is 6.92 Å². The van der Waals surface area contributed by atoms with Crippen molar-refractivity contribution in [1.29, 1.82) is 0 Å². The minimum atomic E-state index is 0.291. The van der Waals surface area contributed by atoms with Crippen molar-refractivity contribution in [1.82, 2.24) is 9.88 Å². The van der Waals surface area contributed by atoms with Crippen LogP contribution < -0.4 is 0 Å². The van der Waals surface area contributed by atoms with Crippen molar-refractivity contribution in [2.75, 3.05) is 0 Å². The molecule has 2 heterocycles. The number of carbonyl (C=O) groups excluding carboxylic acids is 1. The first-order valence-electron chi connectivity index (χ1n) is 8.99. The van der Waals surface area contributed by atoms with Crippen molar-refractivity contribution in [3.05, 3.63) is 27.9 Å². The Morgan fingerprint density at radius 1 is 1.17 bits per heavy atom. The summed E-state index contributed by atoms with van der Waals surface area (Å²) in [6.07, 6.45) is 7.73. The van der Waals surface area contributed by atoms with Crippen molar-refractivity contribution in [2.45, 2.75) is 64.0 Å². The van der Waals surface area contributed by atoms with Gasteiger partial charge in [0.1, 0.15) is 5.01 Å². The highest BCUT2D eigenvalue weighted by Gasteiger charge is 2.38. The molecule has 2 saturated carbocycles. The van der Waals surface area contributed by atoms with Gasteiger partial charge in [-0.2, -0.15) is 11.3 Å². The summed E-state index contributed by atoms with van der Waals surface area (Å²) in [5.41, 5.74) is 2.10. The van der Waals surface area contributed by atoms with E-state index < -0.39 is 0 Å². The zero-order valence-corrected chi connectivity index (χ0v) is 15.7. The lowest BCUT2D eigenvalue weighted by Gasteiger charge is -2.36. The van der Waals surface area contributed by atoms with Crippen LogP contribution in [0.25, 0.3) is 10.6 Å². The van der Waals surface area contributed by atoms with Crippen LogP contribution in [0.4, 0.5) is 0 Å². The lowest BCUT2D eigenvalue weighted by Crippen LogP contribution is -2.44. The van der Waals surface area contributed by atoms with Crippen LogP contribution in [0.15, 0.2) is 22.2 Å². The zero-order valence-electron chi connectivity index (χ0n) is 14.1. The SMILES string of the molecule is CC1CCC(N(C(=O)Cc2csc(-c3ccsc3)n2)C2CC2)CC1. The van der Waals surface area contributed by atoms with Crippen LogP contribution in [0.2, 0.25) is 0 Å². The molecule has 0 aromatic carbocycles. The summed E-state index contributed by atoms with van der Waals surface area (Å²) in [4.78, 5) is 19.9. The quantitative estimate of drug-likeness (QED) is 0.753. The highest BCUT2D eigenvalue weighted by atomic mass is 32.1. The van der Waals surface area contributed by atoms with E-state index in [-0.39, 0.29) is 0 Å². The maximum Gasteiger partial charge on any atom is 0.229 e. The van der Waals surface area contributed by atoms with E-state index in [1.807, 2.05) is 0 Å². The Balaban J connectivity index is 1.44. The first-order chi connectivity index (χ1) is 11.7. The lowest BCUT2D eigenvalue weighted by molar-refractivity contribution is -0.134. The molecule has 5 heteroatoms. The minimum absolute atomic E-state index is 0.291. The van der Waals surface area contributed by atoms with Crippen LogP contribution in [0, 0.1) is 5.92 Å². The molecule has 4 rings (SSSR count). The number of aromatic nitrogens is 1. The van der Waals surface area contributed by atoms with E-state index in [1.54, 1.807) is 22.7 Å². The number of thiazole rings is 1. The smallest absolute Gasteiger partial charge is 0.229 e. The first kappa shape index (κ1) is 16.3. The van der Waals surface area contributed by atoms with Gasteiger partial charge in [-0.05, 0) is 55.9 Å². The molecule has 24 heavy (non-hydrogen) atoms. The first-order valence-corrected chi connectivity index (χ1v) is 10.8. The van der Waals surface area contributed by atoms with Gasteiger partial charge in [-0.15, -0.1) is 11.3 Å². The number of hydrogen-bond acceptors (Lipinski definition) is 4. The third-order valence-electron chi connectivity index (χ3n) is 5.26. The van der Waals surface area contributed by atoms with Crippen molar-refractivity contribution in [3.63, 3.8) is 0 Å². The molecule has 0 spiro atoms. The van der Waals surface area contributed by atoms with Crippen molar-refractivity contribution in [2.24, 2.45) is 5.92 Å². The Morgan fingerprint density at radius 2 is 1.88 bits per heavy atom. The van der Waals surface area contributed by atoms with Gasteiger partial charge in [0.25, 0.3) is 0 Å². The third kappa shape index (κ3) is 3.57. The van der Waals surface area contributed by atoms with E-state index in [0.29, 0.717) is 24.4 Å². The molecule has 0 N–H and O–H groups in total. The van der Waals surface area contributed by atoms with E-state index in [4.69, 9.17) is 0 Å². The average molecular weight is 361 g/mol. The summed E-state index contributed by atoms with van der Waals surface area (Å²) in [5, 5.41) is 7.27. The molecule has 0 bridgehead atoms. The van der Waals surface area contributed by atoms with Gasteiger partial charge in [0.05, 0.1) is 12.1 Å². The molecule has 2 fully saturated rings. The van der Waals surface area contributed by atoms with Crippen LogP contribution in [-0.2, 0) is 11.2 Å². The molecule has 1 amide bonds. The second kappa shape index (κ2) is 6.96. The Morgan fingerprint density at radius 3 is 2.50 bits per heavy atom. The Kier molecular flexibility index (Phi) is 4.72. The monoisotopic (exact) mass is 360 g/mol. The predicted molar refractivity (Wildman–Crippen MR) is 100 cm³/mol. The summed E-state index contributed by atoms with van der Waals surface area (Å²) in [7, 11) is 0. The van der Waals surface area contributed by atoms with Gasteiger partial charge in [-0.25, -0.2) is 4.98 Å². The van der Waals surface area contributed by atoms with Gasteiger partial charge >= 0.3 is 0 Å². The van der Waals surface area contributed by atoms with E-state index in [1.165, 1.54) is 44.1 Å². The van der Waals surface area contributed by atoms with Gasteiger partial charge in [0.15, 0.2) is 0 Å². The van der Waals surface area contributed by atoms with Crippen LogP contribution in [0.1, 0.15) is 51.1 Å². The fraction of sp³-hybridized carbons (Fsp3) is 0.579. The number of amides is 1. The topological polar surface area (TPSA) is 33.2 Å². The third-order valence-corrected chi connectivity index (χ3v) is 6.88. The Labute approximate surface area is 151 Å². The summed E-state index contributed by atoms with van der Waals surface area (Å²) in [6.45, 7) is 2.33. The fourth-order valence-corrected chi connectivity index (χ4v) is 5.26. The number of nitrogens with zero attached hydrogens (tertiary/aromatic N) is 2. The van der Waals surface area contributed by atoms with Crippen LogP contribution in [0.5, 0.6) is 0 Å². The molecule has 2 aromatic heterocycles. The molecular formula is C19H24N2OS2. The summed E-state index contributed by atoms with van der Waals surface area (Å²) < 4.78 is 0. The molecule has 0 saturated heterocycles. The highest BCUT2D eigenvalue weighted by molar-refractivity contribution is 7.14. The van der Waals surface area contributed by atoms with E-state index in [9.17, 15) is 4.79 Å². The molecule has 0 radical (unpaired) electrons. The Bertz CT molecular complexity index is 682. The highest BCUT2D eigenvalue weighted by Crippen LogP contribution is 2.36. The number of rotatable bonds is 5. The van der Waals surface area contributed by atoms with Gasteiger partial charge in [0.2, 0.25) is 5.91 Å². The minimum Gasteiger partial charge on any atom is -0.336 e. The van der Waals surface area contributed by atoms with Gasteiger partial charge in [0, 0.05) is 28.4 Å². The second-order valence-corrected chi connectivity index (χ2v) is 8.92. The summed E-state index contributed by atoms with van der Waals surface area (Å²) in [5.74, 6) is 1.11. The summed E-state index contributed by atoms with van der Waals surface area (Å²) in [6, 6.07) is 3.07. The summed E-state index contributed by atoms with van der Waals surface area (Å²) >= 11 is 3.33. The molecule has 2 aliphatic carbocycles. The number of hydrogen-bond donors (Lipinski definition) is 0. The maximum absolute atomic E-state index is 13.0. The second-order valence-electron chi connectivity index (χ2n) is 7.28. The molecular weight excluding hydrogens is 336 g/mol. The van der Waals surface area contributed by atoms with E-state index in [2.05, 4.69) is 39.0 Å². The number of carbonyl (C=O) groups is 1. The molecule has 0 unspecified atom stereocenters. The van der Waals surface area contributed by atoms with Crippen molar-refractivity contribution < 1.29 is 4.79 Å². The molecule has 0 atom stereocenters. The maximum atomic E-state index is 13.0. The standard InChI is InChI=1S/C19H24N2OS2/c1-13-2-4-16(5-3-13)21(17-6-7-17)18(22)10-15-12-24-19(20-15)14-8-9-23-11-14/h8-9,11-13,16-17H,2-7,10H2,1H3. The van der Waals surface area contributed by atoms with E-state index in [0.717, 1.165) is 16.6 Å². The van der Waals surface area contributed by atoms with Crippen molar-refractivity contribution >= 4 is 28.6 Å².